The average molecular weight is 364 g/mol. The van der Waals surface area contributed by atoms with E-state index >= 15 is 0 Å². The zero-order valence-electron chi connectivity index (χ0n) is 15.1. The number of benzene rings is 2. The van der Waals surface area contributed by atoms with Gasteiger partial charge in [-0.05, 0) is 23.3 Å². The van der Waals surface area contributed by atoms with E-state index in [1.807, 2.05) is 79.2 Å². The van der Waals surface area contributed by atoms with Crippen molar-refractivity contribution in [1.82, 2.24) is 15.3 Å². The zero-order valence-corrected chi connectivity index (χ0v) is 15.1. The minimum atomic E-state index is -0.451. The summed E-state index contributed by atoms with van der Waals surface area (Å²) in [5.74, 6) is -0.526. The minimum Gasteiger partial charge on any atom is -0.361 e. The Morgan fingerprint density at radius 2 is 1.50 bits per heavy atom. The molecule has 3 N–H and O–H groups in total. The average Bonchev–Trinajstić information content (AvgIpc) is 3.35. The molecular weight excluding hydrogens is 346 g/mol. The molecule has 1 aliphatic carbocycles. The number of allylic oxidation sites excluding steroid dienone is 5. The van der Waals surface area contributed by atoms with Crippen LogP contribution in [0.3, 0.4) is 0 Å². The summed E-state index contributed by atoms with van der Waals surface area (Å²) in [6.45, 7) is 0. The molecule has 4 aromatic rings. The molecule has 2 heterocycles. The predicted octanol–water partition coefficient (Wildman–Crippen LogP) is 4.71. The summed E-state index contributed by atoms with van der Waals surface area (Å²) in [7, 11) is 0. The molecule has 4 nitrogen and oxygen atoms in total. The maximum absolute atomic E-state index is 13.4. The van der Waals surface area contributed by atoms with Gasteiger partial charge in [0, 0.05) is 46.4 Å². The Labute approximate surface area is 162 Å². The first-order valence-corrected chi connectivity index (χ1v) is 9.20. The van der Waals surface area contributed by atoms with Crippen LogP contribution in [0.5, 0.6) is 0 Å². The van der Waals surface area contributed by atoms with Gasteiger partial charge >= 0.3 is 0 Å². The van der Waals surface area contributed by atoms with E-state index in [1.165, 1.54) is 0 Å². The summed E-state index contributed by atoms with van der Waals surface area (Å²) >= 11 is 0. The number of hydrogen-bond donors (Lipinski definition) is 3. The number of carbonyl (C=O) groups excluding carboxylic acids is 1. The maximum Gasteiger partial charge on any atom is 0.248 e. The van der Waals surface area contributed by atoms with Gasteiger partial charge in [0.25, 0.3) is 0 Å². The molecule has 28 heavy (non-hydrogen) atoms. The number of amides is 1. The Bertz CT molecular complexity index is 1200. The van der Waals surface area contributed by atoms with Crippen molar-refractivity contribution in [3.63, 3.8) is 0 Å². The quantitative estimate of drug-likeness (QED) is 0.451. The number of aromatic amines is 2. The SMILES string of the molecule is O=C(NC1=CC=C[C+]=C1)C(c1c[nH]c2ccccc12)c1c[nH]c2ccccc12. The Kier molecular flexibility index (Phi) is 3.90. The third-order valence-electron chi connectivity index (χ3n) is 5.10. The number of fused-ring (bicyclic) bond motifs is 2. The molecule has 0 atom stereocenters. The standard InChI is InChI=1S/C24H17N3O/c28-24(27-16-8-2-1-3-9-16)23(19-14-25-21-12-6-4-10-17(19)21)20-15-26-22-13-7-5-11-18(20)22/h1-2,4-15,23,25-26H/p+1. The van der Waals surface area contributed by atoms with Crippen LogP contribution in [0, 0.1) is 6.08 Å². The van der Waals surface area contributed by atoms with Crippen LogP contribution in [0.1, 0.15) is 17.0 Å². The number of carbonyl (C=O) groups is 1. The lowest BCUT2D eigenvalue weighted by Gasteiger charge is -2.15. The molecule has 2 aromatic carbocycles. The normalized spacial score (nSPS) is 13.1. The van der Waals surface area contributed by atoms with Gasteiger partial charge in [0.15, 0.2) is 5.70 Å². The third-order valence-corrected chi connectivity index (χ3v) is 5.10. The van der Waals surface area contributed by atoms with Crippen molar-refractivity contribution in [2.24, 2.45) is 0 Å². The predicted molar refractivity (Wildman–Crippen MR) is 112 cm³/mol. The van der Waals surface area contributed by atoms with Gasteiger partial charge in [-0.2, -0.15) is 0 Å². The minimum absolute atomic E-state index is 0.0749. The van der Waals surface area contributed by atoms with Gasteiger partial charge in [-0.25, -0.2) is 0 Å². The van der Waals surface area contributed by atoms with E-state index in [-0.39, 0.29) is 5.91 Å². The molecule has 134 valence electrons. The van der Waals surface area contributed by atoms with E-state index in [2.05, 4.69) is 21.4 Å². The second kappa shape index (κ2) is 6.69. The first kappa shape index (κ1) is 16.3. The van der Waals surface area contributed by atoms with Crippen molar-refractivity contribution in [3.05, 3.63) is 108 Å². The van der Waals surface area contributed by atoms with Gasteiger partial charge in [-0.1, -0.05) is 36.4 Å². The molecule has 0 unspecified atom stereocenters. The monoisotopic (exact) mass is 364 g/mol. The van der Waals surface area contributed by atoms with Crippen molar-refractivity contribution < 1.29 is 4.79 Å². The number of hydrogen-bond acceptors (Lipinski definition) is 1. The van der Waals surface area contributed by atoms with E-state index in [0.717, 1.165) is 38.6 Å². The van der Waals surface area contributed by atoms with Crippen LogP contribution in [0.25, 0.3) is 21.8 Å². The first-order valence-electron chi connectivity index (χ1n) is 9.20. The lowest BCUT2D eigenvalue weighted by Crippen LogP contribution is -2.29. The van der Waals surface area contributed by atoms with Gasteiger partial charge in [0.1, 0.15) is 12.2 Å². The third kappa shape index (κ3) is 2.73. The lowest BCUT2D eigenvalue weighted by molar-refractivity contribution is -0.120. The van der Waals surface area contributed by atoms with E-state index in [1.54, 1.807) is 6.08 Å². The molecule has 0 saturated heterocycles. The summed E-state index contributed by atoms with van der Waals surface area (Å²) < 4.78 is 0. The molecule has 5 rings (SSSR count). The smallest absolute Gasteiger partial charge is 0.248 e. The molecule has 0 bridgehead atoms. The van der Waals surface area contributed by atoms with E-state index in [4.69, 9.17) is 0 Å². The lowest BCUT2D eigenvalue weighted by atomic mass is 9.89. The summed E-state index contributed by atoms with van der Waals surface area (Å²) in [6, 6.07) is 16.1. The topological polar surface area (TPSA) is 60.7 Å². The molecule has 1 amide bonds. The van der Waals surface area contributed by atoms with Crippen LogP contribution in [0.4, 0.5) is 0 Å². The van der Waals surface area contributed by atoms with Crippen LogP contribution < -0.4 is 5.32 Å². The molecular formula is C24H18N3O+. The maximum atomic E-state index is 13.4. The van der Waals surface area contributed by atoms with Crippen LogP contribution >= 0.6 is 0 Å². The second-order valence-electron chi connectivity index (χ2n) is 6.79. The van der Waals surface area contributed by atoms with Crippen molar-refractivity contribution >= 4 is 27.7 Å². The molecule has 0 saturated carbocycles. The van der Waals surface area contributed by atoms with Crippen LogP contribution in [-0.2, 0) is 4.79 Å². The second-order valence-corrected chi connectivity index (χ2v) is 6.79. The molecule has 1 aliphatic rings. The van der Waals surface area contributed by atoms with Crippen molar-refractivity contribution in [1.29, 1.82) is 0 Å². The molecule has 4 heteroatoms. The first-order chi connectivity index (χ1) is 13.8. The van der Waals surface area contributed by atoms with Crippen LogP contribution in [0.15, 0.2) is 90.9 Å². The summed E-state index contributed by atoms with van der Waals surface area (Å²) in [4.78, 5) is 20.0. The molecule has 0 radical (unpaired) electrons. The van der Waals surface area contributed by atoms with Gasteiger partial charge in [0.05, 0.1) is 12.0 Å². The number of H-pyrrole nitrogens is 2. The summed E-state index contributed by atoms with van der Waals surface area (Å²) in [5.41, 5.74) is 4.68. The number of para-hydroxylation sites is 2. The Balaban J connectivity index is 1.66. The number of nitrogens with one attached hydrogen (secondary N) is 3. The molecule has 0 fully saturated rings. The Hall–Kier alpha value is -3.88. The van der Waals surface area contributed by atoms with Crippen molar-refractivity contribution in [2.45, 2.75) is 5.92 Å². The van der Waals surface area contributed by atoms with E-state index in [0.29, 0.717) is 0 Å². The largest absolute Gasteiger partial charge is 0.361 e. The summed E-state index contributed by atoms with van der Waals surface area (Å²) in [6.07, 6.45) is 14.2. The fourth-order valence-corrected chi connectivity index (χ4v) is 3.80. The molecule has 2 aromatic heterocycles. The van der Waals surface area contributed by atoms with Gasteiger partial charge < -0.3 is 9.97 Å². The molecule has 0 aliphatic heterocycles. The Morgan fingerprint density at radius 1 is 0.893 bits per heavy atom. The highest BCUT2D eigenvalue weighted by molar-refractivity contribution is 5.99. The van der Waals surface area contributed by atoms with Crippen molar-refractivity contribution in [3.8, 4) is 0 Å². The van der Waals surface area contributed by atoms with E-state index in [9.17, 15) is 4.79 Å². The number of rotatable bonds is 4. The van der Waals surface area contributed by atoms with Crippen LogP contribution in [-0.4, -0.2) is 15.9 Å². The highest BCUT2D eigenvalue weighted by Crippen LogP contribution is 2.35. The molecule has 0 spiro atoms. The fraction of sp³-hybridized carbons (Fsp3) is 0.0417. The van der Waals surface area contributed by atoms with Gasteiger partial charge in [0.2, 0.25) is 5.91 Å². The summed E-state index contributed by atoms with van der Waals surface area (Å²) in [5, 5.41) is 5.15. The van der Waals surface area contributed by atoms with Gasteiger partial charge in [-0.3, -0.25) is 10.1 Å². The van der Waals surface area contributed by atoms with Gasteiger partial charge in [-0.15, -0.1) is 0 Å². The zero-order chi connectivity index (χ0) is 18.9. The highest BCUT2D eigenvalue weighted by Gasteiger charge is 2.29. The Morgan fingerprint density at radius 3 is 2.07 bits per heavy atom. The highest BCUT2D eigenvalue weighted by atomic mass is 16.1. The number of aromatic nitrogens is 2. The van der Waals surface area contributed by atoms with Crippen molar-refractivity contribution in [2.75, 3.05) is 0 Å². The van der Waals surface area contributed by atoms with Crippen LogP contribution in [0.2, 0.25) is 0 Å². The fourth-order valence-electron chi connectivity index (χ4n) is 3.80. The van der Waals surface area contributed by atoms with E-state index < -0.39 is 5.92 Å².